The largest absolute Gasteiger partial charge is 0.573 e. The molecule has 0 atom stereocenters. The number of hydrogen-bond donors (Lipinski definition) is 2. The summed E-state index contributed by atoms with van der Waals surface area (Å²) < 4.78 is 58.9. The Morgan fingerprint density at radius 2 is 1.54 bits per heavy atom. The Kier molecular flexibility index (Phi) is 10.8. The average molecular weight is 577 g/mol. The van der Waals surface area contributed by atoms with Gasteiger partial charge in [0.15, 0.2) is 5.75 Å². The number of anilines is 2. The molecule has 0 unspecified atom stereocenters. The number of hydrogen-bond acceptors (Lipinski definition) is 8. The number of urea groups is 1. The highest BCUT2D eigenvalue weighted by molar-refractivity contribution is 6.03. The van der Waals surface area contributed by atoms with E-state index in [1.165, 1.54) is 50.7 Å². The van der Waals surface area contributed by atoms with Crippen LogP contribution in [0.3, 0.4) is 0 Å². The summed E-state index contributed by atoms with van der Waals surface area (Å²) in [5, 5.41) is 4.88. The fourth-order valence-electron chi connectivity index (χ4n) is 3.79. The zero-order valence-corrected chi connectivity index (χ0v) is 23.0. The molecule has 0 aliphatic carbocycles. The molecule has 0 aliphatic rings. The summed E-state index contributed by atoms with van der Waals surface area (Å²) in [6.45, 7) is 6.38. The molecule has 10 nitrogen and oxygen atoms in total. The standard InChI is InChI=1S/C28H31F3N4O6/c1-5-35(6-2)13-14-40-26(36)19-8-10-23(38-3)21(16-19)33-27(37)34-22-15-18(7-11-24(22)41-28(29,30)31)20-9-12-25(39-4)32-17-20/h7-12,15-17H,5-6,13-14H2,1-4H3,(H2,33,34,37). The van der Waals surface area contributed by atoms with Crippen LogP contribution in [0.25, 0.3) is 11.1 Å². The number of methoxy groups -OCH3 is 2. The number of nitrogens with one attached hydrogen (secondary N) is 2. The zero-order valence-electron chi connectivity index (χ0n) is 23.0. The van der Waals surface area contributed by atoms with Crippen LogP contribution >= 0.6 is 0 Å². The maximum atomic E-state index is 13.1. The number of carbonyl (C=O) groups is 2. The van der Waals surface area contributed by atoms with E-state index in [9.17, 15) is 22.8 Å². The van der Waals surface area contributed by atoms with Crippen molar-refractivity contribution in [3.8, 4) is 28.5 Å². The van der Waals surface area contributed by atoms with Crippen molar-refractivity contribution >= 4 is 23.4 Å². The highest BCUT2D eigenvalue weighted by atomic mass is 19.4. The third-order valence-electron chi connectivity index (χ3n) is 5.95. The molecule has 0 saturated carbocycles. The molecule has 1 aromatic heterocycles. The Morgan fingerprint density at radius 1 is 0.878 bits per heavy atom. The molecule has 0 saturated heterocycles. The maximum absolute atomic E-state index is 13.1. The fraction of sp³-hybridized carbons (Fsp3) is 0.321. The minimum absolute atomic E-state index is 0.0944. The van der Waals surface area contributed by atoms with E-state index in [0.717, 1.165) is 19.2 Å². The van der Waals surface area contributed by atoms with Crippen molar-refractivity contribution in [1.29, 1.82) is 0 Å². The van der Waals surface area contributed by atoms with Crippen molar-refractivity contribution in [1.82, 2.24) is 9.88 Å². The molecule has 41 heavy (non-hydrogen) atoms. The van der Waals surface area contributed by atoms with Crippen LogP contribution < -0.4 is 24.8 Å². The second kappa shape index (κ2) is 14.2. The van der Waals surface area contributed by atoms with Gasteiger partial charge in [-0.05, 0) is 55.1 Å². The summed E-state index contributed by atoms with van der Waals surface area (Å²) in [6.07, 6.45) is -3.53. The first-order chi connectivity index (χ1) is 19.6. The van der Waals surface area contributed by atoms with Crippen molar-refractivity contribution in [3.05, 3.63) is 60.3 Å². The summed E-state index contributed by atoms with van der Waals surface area (Å²) in [7, 11) is 2.81. The molecule has 1 heterocycles. The summed E-state index contributed by atoms with van der Waals surface area (Å²) in [5.74, 6) is -0.669. The first kappa shape index (κ1) is 31.0. The lowest BCUT2D eigenvalue weighted by atomic mass is 10.1. The number of amides is 2. The molecule has 3 rings (SSSR count). The number of likely N-dealkylation sites (N-methyl/N-ethyl adjacent to an activating group) is 1. The molecule has 0 radical (unpaired) electrons. The number of nitrogens with zero attached hydrogens (tertiary/aromatic N) is 2. The lowest BCUT2D eigenvalue weighted by Crippen LogP contribution is -2.28. The number of rotatable bonds is 12. The molecule has 2 N–H and O–H groups in total. The third-order valence-corrected chi connectivity index (χ3v) is 5.95. The van der Waals surface area contributed by atoms with Gasteiger partial charge in [-0.15, -0.1) is 13.2 Å². The first-order valence-electron chi connectivity index (χ1n) is 12.6. The predicted molar refractivity (Wildman–Crippen MR) is 147 cm³/mol. The minimum atomic E-state index is -5.00. The topological polar surface area (TPSA) is 111 Å². The maximum Gasteiger partial charge on any atom is 0.573 e. The number of carbonyl (C=O) groups excluding carboxylic acids is 2. The van der Waals surface area contributed by atoms with Gasteiger partial charge in [0, 0.05) is 24.4 Å². The predicted octanol–water partition coefficient (Wildman–Crippen LogP) is 5.81. The van der Waals surface area contributed by atoms with Crippen molar-refractivity contribution in [3.63, 3.8) is 0 Å². The van der Waals surface area contributed by atoms with Gasteiger partial charge in [0.25, 0.3) is 0 Å². The molecule has 3 aromatic rings. The van der Waals surface area contributed by atoms with Crippen LogP contribution in [-0.4, -0.2) is 68.7 Å². The van der Waals surface area contributed by atoms with Crippen LogP contribution in [-0.2, 0) is 4.74 Å². The van der Waals surface area contributed by atoms with Crippen molar-refractivity contribution < 1.29 is 41.7 Å². The van der Waals surface area contributed by atoms with Gasteiger partial charge in [-0.2, -0.15) is 0 Å². The molecule has 2 amide bonds. The number of ether oxygens (including phenoxy) is 4. The molecular weight excluding hydrogens is 545 g/mol. The Balaban J connectivity index is 1.81. The summed E-state index contributed by atoms with van der Waals surface area (Å²) in [6, 6.07) is 10.4. The van der Waals surface area contributed by atoms with E-state index in [4.69, 9.17) is 14.2 Å². The summed E-state index contributed by atoms with van der Waals surface area (Å²) >= 11 is 0. The van der Waals surface area contributed by atoms with Gasteiger partial charge in [0.05, 0.1) is 31.2 Å². The number of pyridine rings is 1. The average Bonchev–Trinajstić information content (AvgIpc) is 2.95. The Labute approximate surface area is 235 Å². The van der Waals surface area contributed by atoms with E-state index < -0.39 is 24.1 Å². The van der Waals surface area contributed by atoms with Gasteiger partial charge in [-0.1, -0.05) is 19.9 Å². The Bertz CT molecular complexity index is 1330. The summed E-state index contributed by atoms with van der Waals surface area (Å²) in [5.41, 5.74) is 0.991. The fourth-order valence-corrected chi connectivity index (χ4v) is 3.79. The smallest absolute Gasteiger partial charge is 0.495 e. The van der Waals surface area contributed by atoms with Gasteiger partial charge in [-0.3, -0.25) is 0 Å². The minimum Gasteiger partial charge on any atom is -0.495 e. The second-order valence-corrected chi connectivity index (χ2v) is 8.50. The first-order valence-corrected chi connectivity index (χ1v) is 12.6. The third kappa shape index (κ3) is 9.00. The lowest BCUT2D eigenvalue weighted by Gasteiger charge is -2.18. The summed E-state index contributed by atoms with van der Waals surface area (Å²) in [4.78, 5) is 31.7. The van der Waals surface area contributed by atoms with Crippen molar-refractivity contribution in [2.45, 2.75) is 20.2 Å². The number of aromatic nitrogens is 1. The molecule has 13 heteroatoms. The van der Waals surface area contributed by atoms with Gasteiger partial charge in [0.1, 0.15) is 12.4 Å². The number of benzene rings is 2. The van der Waals surface area contributed by atoms with Crippen LogP contribution in [0.15, 0.2) is 54.7 Å². The van der Waals surface area contributed by atoms with Crippen LogP contribution in [0.5, 0.6) is 17.4 Å². The van der Waals surface area contributed by atoms with E-state index >= 15 is 0 Å². The Morgan fingerprint density at radius 3 is 2.12 bits per heavy atom. The van der Waals surface area contributed by atoms with Gasteiger partial charge < -0.3 is 34.5 Å². The molecule has 0 aliphatic heterocycles. The van der Waals surface area contributed by atoms with E-state index in [-0.39, 0.29) is 29.3 Å². The van der Waals surface area contributed by atoms with Crippen LogP contribution in [0.1, 0.15) is 24.2 Å². The van der Waals surface area contributed by atoms with Crippen LogP contribution in [0, 0.1) is 0 Å². The second-order valence-electron chi connectivity index (χ2n) is 8.50. The molecule has 0 bridgehead atoms. The van der Waals surface area contributed by atoms with E-state index in [2.05, 4.69) is 25.3 Å². The van der Waals surface area contributed by atoms with Gasteiger partial charge in [0.2, 0.25) is 5.88 Å². The number of esters is 1. The highest BCUT2D eigenvalue weighted by Crippen LogP contribution is 2.35. The number of alkyl halides is 3. The Hall–Kier alpha value is -4.52. The van der Waals surface area contributed by atoms with Crippen LogP contribution in [0.2, 0.25) is 0 Å². The normalized spacial score (nSPS) is 11.1. The van der Waals surface area contributed by atoms with Gasteiger partial charge >= 0.3 is 18.4 Å². The van der Waals surface area contributed by atoms with E-state index in [1.54, 1.807) is 12.1 Å². The van der Waals surface area contributed by atoms with E-state index in [1.807, 2.05) is 13.8 Å². The lowest BCUT2D eigenvalue weighted by molar-refractivity contribution is -0.274. The monoisotopic (exact) mass is 576 g/mol. The van der Waals surface area contributed by atoms with Crippen molar-refractivity contribution in [2.75, 3.05) is 51.1 Å². The molecule has 220 valence electrons. The molecule has 2 aromatic carbocycles. The quantitative estimate of drug-likeness (QED) is 0.260. The zero-order chi connectivity index (χ0) is 30.0. The van der Waals surface area contributed by atoms with E-state index in [0.29, 0.717) is 23.6 Å². The van der Waals surface area contributed by atoms with Crippen LogP contribution in [0.4, 0.5) is 29.3 Å². The molecular formula is C28H31F3N4O6. The SMILES string of the molecule is CCN(CC)CCOC(=O)c1ccc(OC)c(NC(=O)Nc2cc(-c3ccc(OC)nc3)ccc2OC(F)(F)F)c1. The van der Waals surface area contributed by atoms with Crippen molar-refractivity contribution in [2.24, 2.45) is 0 Å². The van der Waals surface area contributed by atoms with Gasteiger partial charge in [-0.25, -0.2) is 14.6 Å². The molecule has 0 spiro atoms. The highest BCUT2D eigenvalue weighted by Gasteiger charge is 2.32. The number of halogens is 3. The molecule has 0 fully saturated rings.